The Morgan fingerprint density at radius 2 is 1.29 bits per heavy atom. The molecule has 0 bridgehead atoms. The van der Waals surface area contributed by atoms with Crippen molar-refractivity contribution in [2.75, 3.05) is 0 Å². The molecule has 1 aliphatic rings. The zero-order valence-corrected chi connectivity index (χ0v) is 29.6. The highest BCUT2D eigenvalue weighted by Crippen LogP contribution is 2.38. The molecule has 0 heterocycles. The third-order valence-electron chi connectivity index (χ3n) is 8.99. The first-order valence-electron chi connectivity index (χ1n) is 16.7. The quantitative estimate of drug-likeness (QED) is 0.179. The van der Waals surface area contributed by atoms with Gasteiger partial charge in [0, 0.05) is 0 Å². The lowest BCUT2D eigenvalue weighted by Gasteiger charge is -2.38. The fourth-order valence-corrected chi connectivity index (χ4v) is 5.82. The summed E-state index contributed by atoms with van der Waals surface area (Å²) < 4.78 is 6.51. The molecule has 0 saturated heterocycles. The molecule has 0 radical (unpaired) electrons. The summed E-state index contributed by atoms with van der Waals surface area (Å²) in [5, 5.41) is 0. The van der Waals surface area contributed by atoms with Crippen molar-refractivity contribution in [3.05, 3.63) is 101 Å². The molecule has 1 fully saturated rings. The summed E-state index contributed by atoms with van der Waals surface area (Å²) in [7, 11) is 0. The van der Waals surface area contributed by atoms with E-state index < -0.39 is 0 Å². The van der Waals surface area contributed by atoms with Crippen LogP contribution < -0.4 is 0 Å². The standard InChI is InChI=1S/C39H58O.C2H6/c1-12-31(32(13-2)26-27-37(15-4)40-39(10,11)28-38(8,9)29(5)6)20-21-33(14-3)34-22-24-36(25-23-34)35-18-16-30(7)17-19-35;1-2/h12-15,20-27,29-30,35H,16-19,28H2,1-11H3;1-2H3/b21-20-,27-26-,31-12+,32-13+,33-14+,37-15+;. The zero-order valence-electron chi connectivity index (χ0n) is 29.6. The van der Waals surface area contributed by atoms with E-state index in [1.807, 2.05) is 20.8 Å². The Kier molecular flexibility index (Phi) is 16.2. The van der Waals surface area contributed by atoms with Crippen molar-refractivity contribution in [1.29, 1.82) is 0 Å². The van der Waals surface area contributed by atoms with Gasteiger partial charge in [-0.3, -0.25) is 0 Å². The van der Waals surface area contributed by atoms with Gasteiger partial charge in [-0.1, -0.05) is 122 Å². The second-order valence-corrected chi connectivity index (χ2v) is 13.4. The first-order chi connectivity index (χ1) is 19.9. The first-order valence-corrected chi connectivity index (χ1v) is 16.7. The molecule has 1 aromatic carbocycles. The molecule has 2 rings (SSSR count). The smallest absolute Gasteiger partial charge is 0.115 e. The van der Waals surface area contributed by atoms with Crippen LogP contribution in [0.3, 0.4) is 0 Å². The van der Waals surface area contributed by atoms with Crippen LogP contribution in [0.25, 0.3) is 5.57 Å². The molecule has 42 heavy (non-hydrogen) atoms. The van der Waals surface area contributed by atoms with E-state index in [1.54, 1.807) is 0 Å². The van der Waals surface area contributed by atoms with Crippen LogP contribution in [0.4, 0.5) is 0 Å². The molecular formula is C41H64O. The van der Waals surface area contributed by atoms with Crippen LogP contribution in [0.15, 0.2) is 89.8 Å². The lowest BCUT2D eigenvalue weighted by atomic mass is 9.73. The fourth-order valence-electron chi connectivity index (χ4n) is 5.82. The van der Waals surface area contributed by atoms with Crippen LogP contribution in [0.1, 0.15) is 139 Å². The van der Waals surface area contributed by atoms with Crippen molar-refractivity contribution in [3.8, 4) is 0 Å². The van der Waals surface area contributed by atoms with Crippen LogP contribution in [0.5, 0.6) is 0 Å². The van der Waals surface area contributed by atoms with Crippen molar-refractivity contribution in [2.24, 2.45) is 17.3 Å². The Hall–Kier alpha value is -2.54. The molecule has 1 saturated carbocycles. The number of allylic oxidation sites excluding steroid dienone is 11. The lowest BCUT2D eigenvalue weighted by Crippen LogP contribution is -2.34. The number of hydrogen-bond donors (Lipinski definition) is 0. The third kappa shape index (κ3) is 12.0. The number of benzene rings is 1. The van der Waals surface area contributed by atoms with Gasteiger partial charge in [0.1, 0.15) is 11.4 Å². The van der Waals surface area contributed by atoms with E-state index in [4.69, 9.17) is 4.74 Å². The maximum absolute atomic E-state index is 6.51. The minimum atomic E-state index is -0.245. The van der Waals surface area contributed by atoms with Gasteiger partial charge in [-0.25, -0.2) is 0 Å². The molecule has 0 aliphatic heterocycles. The van der Waals surface area contributed by atoms with Gasteiger partial charge in [0.2, 0.25) is 0 Å². The summed E-state index contributed by atoms with van der Waals surface area (Å²) in [5.74, 6) is 3.12. The summed E-state index contributed by atoms with van der Waals surface area (Å²) >= 11 is 0. The average Bonchev–Trinajstić information content (AvgIpc) is 2.96. The first kappa shape index (κ1) is 37.5. The predicted octanol–water partition coefficient (Wildman–Crippen LogP) is 13.2. The summed E-state index contributed by atoms with van der Waals surface area (Å²) in [4.78, 5) is 0. The van der Waals surface area contributed by atoms with E-state index in [9.17, 15) is 0 Å². The molecule has 0 amide bonds. The van der Waals surface area contributed by atoms with E-state index in [0.29, 0.717) is 5.92 Å². The summed E-state index contributed by atoms with van der Waals surface area (Å²) in [5.41, 5.74) is 6.36. The summed E-state index contributed by atoms with van der Waals surface area (Å²) in [6.45, 7) is 28.4. The zero-order chi connectivity index (χ0) is 31.9. The van der Waals surface area contributed by atoms with E-state index in [0.717, 1.165) is 24.0 Å². The minimum absolute atomic E-state index is 0.211. The summed E-state index contributed by atoms with van der Waals surface area (Å²) in [6.07, 6.45) is 23.8. The largest absolute Gasteiger partial charge is 0.488 e. The Labute approximate surface area is 261 Å². The molecule has 1 aliphatic carbocycles. The molecule has 1 aromatic rings. The molecule has 0 N–H and O–H groups in total. The van der Waals surface area contributed by atoms with Crippen LogP contribution in [0, 0.1) is 17.3 Å². The lowest BCUT2D eigenvalue weighted by molar-refractivity contribution is -0.00849. The maximum atomic E-state index is 6.51. The van der Waals surface area contributed by atoms with E-state index >= 15 is 0 Å². The molecule has 1 heteroatoms. The minimum Gasteiger partial charge on any atom is -0.488 e. The number of hydrogen-bond acceptors (Lipinski definition) is 1. The Morgan fingerprint density at radius 1 is 0.762 bits per heavy atom. The second-order valence-electron chi connectivity index (χ2n) is 13.4. The molecule has 0 unspecified atom stereocenters. The van der Waals surface area contributed by atoms with Gasteiger partial charge >= 0.3 is 0 Å². The third-order valence-corrected chi connectivity index (χ3v) is 8.99. The van der Waals surface area contributed by atoms with Crippen LogP contribution in [-0.2, 0) is 4.74 Å². The van der Waals surface area contributed by atoms with Gasteiger partial charge in [0.05, 0.1) is 0 Å². The van der Waals surface area contributed by atoms with Crippen LogP contribution in [-0.4, -0.2) is 5.60 Å². The fraction of sp³-hybridized carbons (Fsp3) is 0.561. The molecule has 234 valence electrons. The highest BCUT2D eigenvalue weighted by molar-refractivity contribution is 5.75. The van der Waals surface area contributed by atoms with Gasteiger partial charge in [-0.05, 0) is 124 Å². The molecule has 0 aromatic heterocycles. The highest BCUT2D eigenvalue weighted by atomic mass is 16.5. The van der Waals surface area contributed by atoms with Gasteiger partial charge in [-0.15, -0.1) is 0 Å². The molecule has 0 spiro atoms. The van der Waals surface area contributed by atoms with E-state index in [2.05, 4.69) is 142 Å². The number of ether oxygens (including phenoxy) is 1. The molecule has 0 atom stereocenters. The van der Waals surface area contributed by atoms with Gasteiger partial charge in [0.25, 0.3) is 0 Å². The Balaban J connectivity index is 0.00000431. The van der Waals surface area contributed by atoms with E-state index in [1.165, 1.54) is 53.5 Å². The van der Waals surface area contributed by atoms with Crippen LogP contribution >= 0.6 is 0 Å². The van der Waals surface area contributed by atoms with Gasteiger partial charge < -0.3 is 4.74 Å². The monoisotopic (exact) mass is 572 g/mol. The Morgan fingerprint density at radius 3 is 1.74 bits per heavy atom. The van der Waals surface area contributed by atoms with E-state index in [-0.39, 0.29) is 11.0 Å². The van der Waals surface area contributed by atoms with Crippen molar-refractivity contribution >= 4 is 5.57 Å². The normalized spacial score (nSPS) is 19.9. The van der Waals surface area contributed by atoms with Crippen molar-refractivity contribution < 1.29 is 4.74 Å². The van der Waals surface area contributed by atoms with Crippen molar-refractivity contribution in [3.63, 3.8) is 0 Å². The van der Waals surface area contributed by atoms with Crippen molar-refractivity contribution in [2.45, 2.75) is 134 Å². The topological polar surface area (TPSA) is 9.23 Å². The second kappa shape index (κ2) is 18.2. The van der Waals surface area contributed by atoms with Crippen LogP contribution in [0.2, 0.25) is 0 Å². The Bertz CT molecular complexity index is 1100. The number of rotatable bonds is 12. The molecule has 1 nitrogen and oxygen atoms in total. The average molecular weight is 573 g/mol. The maximum Gasteiger partial charge on any atom is 0.115 e. The SMILES string of the molecule is CC.C\C=C(/C=C\C(=C/C)C(\C=C/C(=C\C)c1ccc(C2CCC(C)CC2)cc1)=C\C)OC(C)(C)CC(C)(C)C(C)C. The molecular weight excluding hydrogens is 508 g/mol. The van der Waals surface area contributed by atoms with Gasteiger partial charge in [0.15, 0.2) is 0 Å². The van der Waals surface area contributed by atoms with Crippen molar-refractivity contribution in [1.82, 2.24) is 0 Å². The summed E-state index contributed by atoms with van der Waals surface area (Å²) in [6, 6.07) is 9.31. The highest BCUT2D eigenvalue weighted by Gasteiger charge is 2.32. The predicted molar refractivity (Wildman–Crippen MR) is 190 cm³/mol. The van der Waals surface area contributed by atoms with Gasteiger partial charge in [-0.2, -0.15) is 0 Å².